The van der Waals surface area contributed by atoms with Crippen molar-refractivity contribution in [3.63, 3.8) is 0 Å². The van der Waals surface area contributed by atoms with Crippen LogP contribution in [0, 0.1) is 12.7 Å². The van der Waals surface area contributed by atoms with Crippen LogP contribution >= 0.6 is 22.9 Å². The zero-order chi connectivity index (χ0) is 20.8. The number of fused-ring (bicyclic) bond motifs is 2. The van der Waals surface area contributed by atoms with E-state index >= 15 is 0 Å². The lowest BCUT2D eigenvalue weighted by Gasteiger charge is -2.07. The third-order valence-electron chi connectivity index (χ3n) is 4.77. The molecule has 0 aliphatic carbocycles. The molecule has 5 nitrogen and oxygen atoms in total. The van der Waals surface area contributed by atoms with E-state index in [1.54, 1.807) is 18.2 Å². The van der Waals surface area contributed by atoms with Crippen molar-refractivity contribution in [3.8, 4) is 5.69 Å². The van der Waals surface area contributed by atoms with Gasteiger partial charge in [0.2, 0.25) is 0 Å². The van der Waals surface area contributed by atoms with Crippen molar-refractivity contribution in [1.29, 1.82) is 0 Å². The second kappa shape index (κ2) is 7.19. The van der Waals surface area contributed by atoms with Crippen molar-refractivity contribution >= 4 is 55.7 Å². The fraction of sp³-hybridized carbons (Fsp3) is 0.0455. The highest BCUT2D eigenvalue weighted by Gasteiger charge is 2.18. The number of nitrogens with zero attached hydrogens (tertiary/aromatic N) is 3. The Morgan fingerprint density at radius 2 is 1.77 bits per heavy atom. The average molecular weight is 437 g/mol. The van der Waals surface area contributed by atoms with Gasteiger partial charge >= 0.3 is 0 Å². The number of aryl methyl sites for hydroxylation is 1. The third kappa shape index (κ3) is 3.22. The van der Waals surface area contributed by atoms with Crippen molar-refractivity contribution in [2.45, 2.75) is 6.92 Å². The molecule has 8 heteroatoms. The third-order valence-corrected chi connectivity index (χ3v) is 6.45. The summed E-state index contributed by atoms with van der Waals surface area (Å²) in [4.78, 5) is 14.8. The summed E-state index contributed by atoms with van der Waals surface area (Å²) in [6, 6.07) is 17.2. The summed E-state index contributed by atoms with van der Waals surface area (Å²) < 4.78 is 14.1. The van der Waals surface area contributed by atoms with Crippen molar-refractivity contribution in [2.75, 3.05) is 5.32 Å². The lowest BCUT2D eigenvalue weighted by Crippen LogP contribution is -2.11. The fourth-order valence-corrected chi connectivity index (χ4v) is 4.64. The first-order valence-electron chi connectivity index (χ1n) is 9.11. The summed E-state index contributed by atoms with van der Waals surface area (Å²) in [5, 5.41) is 13.2. The zero-order valence-electron chi connectivity index (χ0n) is 15.7. The number of thiophene rings is 1. The lowest BCUT2D eigenvalue weighted by atomic mass is 10.1. The van der Waals surface area contributed by atoms with Gasteiger partial charge in [-0.05, 0) is 55.0 Å². The van der Waals surface area contributed by atoms with Crippen LogP contribution in [0.15, 0.2) is 60.7 Å². The van der Waals surface area contributed by atoms with Gasteiger partial charge in [-0.2, -0.15) is 4.80 Å². The van der Waals surface area contributed by atoms with Crippen LogP contribution in [-0.4, -0.2) is 20.9 Å². The predicted octanol–water partition coefficient (Wildman–Crippen LogP) is 5.99. The standard InChI is InChI=1S/C22H14ClFN4OS/c1-12-10-17-18(27-28(26-17)14-8-6-13(24)7-9-14)11-16(12)25-22(29)21-20(23)15-4-2-3-5-19(15)30-21/h2-11H,1H3,(H,25,29). The second-order valence-corrected chi connectivity index (χ2v) is 8.25. The minimum Gasteiger partial charge on any atom is -0.321 e. The molecular formula is C22H14ClFN4OS. The summed E-state index contributed by atoms with van der Waals surface area (Å²) >= 11 is 7.79. The maximum Gasteiger partial charge on any atom is 0.267 e. The molecule has 0 radical (unpaired) electrons. The Morgan fingerprint density at radius 3 is 2.50 bits per heavy atom. The van der Waals surface area contributed by atoms with Crippen LogP contribution in [0.2, 0.25) is 5.02 Å². The number of hydrogen-bond acceptors (Lipinski definition) is 4. The van der Waals surface area contributed by atoms with Gasteiger partial charge in [-0.15, -0.1) is 21.5 Å². The van der Waals surface area contributed by atoms with Gasteiger partial charge in [0.1, 0.15) is 21.7 Å². The quantitative estimate of drug-likeness (QED) is 0.378. The molecule has 148 valence electrons. The predicted molar refractivity (Wildman–Crippen MR) is 118 cm³/mol. The Morgan fingerprint density at radius 1 is 1.07 bits per heavy atom. The van der Waals surface area contributed by atoms with Gasteiger partial charge in [-0.25, -0.2) is 4.39 Å². The second-order valence-electron chi connectivity index (χ2n) is 6.82. The number of benzene rings is 3. The van der Waals surface area contributed by atoms with Crippen molar-refractivity contribution < 1.29 is 9.18 Å². The van der Waals surface area contributed by atoms with Crippen LogP contribution in [0.3, 0.4) is 0 Å². The molecular weight excluding hydrogens is 423 g/mol. The first kappa shape index (κ1) is 18.7. The molecule has 0 fully saturated rings. The Hall–Kier alpha value is -3.29. The topological polar surface area (TPSA) is 59.8 Å². The number of hydrogen-bond donors (Lipinski definition) is 1. The number of halogens is 2. The summed E-state index contributed by atoms with van der Waals surface area (Å²) in [5.74, 6) is -0.592. The highest BCUT2D eigenvalue weighted by molar-refractivity contribution is 7.21. The fourth-order valence-electron chi connectivity index (χ4n) is 3.23. The van der Waals surface area contributed by atoms with E-state index in [9.17, 15) is 9.18 Å². The number of carbonyl (C=O) groups is 1. The van der Waals surface area contributed by atoms with Gasteiger partial charge in [0, 0.05) is 15.8 Å². The zero-order valence-corrected chi connectivity index (χ0v) is 17.3. The molecule has 0 bridgehead atoms. The molecule has 2 heterocycles. The van der Waals surface area contributed by atoms with E-state index in [-0.39, 0.29) is 11.7 Å². The van der Waals surface area contributed by atoms with Crippen molar-refractivity contribution in [3.05, 3.63) is 81.9 Å². The molecule has 0 spiro atoms. The molecule has 0 atom stereocenters. The summed E-state index contributed by atoms with van der Waals surface area (Å²) in [6.07, 6.45) is 0. The monoisotopic (exact) mass is 436 g/mol. The molecule has 0 saturated heterocycles. The van der Waals surface area contributed by atoms with E-state index in [1.807, 2.05) is 37.3 Å². The number of aromatic nitrogens is 3. The summed E-state index contributed by atoms with van der Waals surface area (Å²) in [5.41, 5.74) is 3.41. The van der Waals surface area contributed by atoms with Gasteiger partial charge in [-0.1, -0.05) is 29.8 Å². The number of anilines is 1. The van der Waals surface area contributed by atoms with Crippen LogP contribution in [0.25, 0.3) is 26.8 Å². The van der Waals surface area contributed by atoms with E-state index in [0.717, 1.165) is 15.6 Å². The van der Waals surface area contributed by atoms with Crippen LogP contribution in [0.4, 0.5) is 10.1 Å². The number of carbonyl (C=O) groups excluding carboxylic acids is 1. The first-order chi connectivity index (χ1) is 14.5. The van der Waals surface area contributed by atoms with E-state index in [1.165, 1.54) is 28.3 Å². The van der Waals surface area contributed by atoms with Crippen LogP contribution < -0.4 is 5.32 Å². The van der Waals surface area contributed by atoms with Gasteiger partial charge in [-0.3, -0.25) is 4.79 Å². The molecule has 5 aromatic rings. The summed E-state index contributed by atoms with van der Waals surface area (Å²) in [6.45, 7) is 1.89. The van der Waals surface area contributed by atoms with Crippen LogP contribution in [-0.2, 0) is 0 Å². The molecule has 0 aliphatic rings. The molecule has 3 aromatic carbocycles. The van der Waals surface area contributed by atoms with Gasteiger partial charge in [0.25, 0.3) is 5.91 Å². The number of amides is 1. The normalized spacial score (nSPS) is 11.3. The van der Waals surface area contributed by atoms with E-state index < -0.39 is 0 Å². The first-order valence-corrected chi connectivity index (χ1v) is 10.3. The molecule has 0 unspecified atom stereocenters. The SMILES string of the molecule is Cc1cc2nn(-c3ccc(F)cc3)nc2cc1NC(=O)c1sc2ccccc2c1Cl. The lowest BCUT2D eigenvalue weighted by molar-refractivity contribution is 0.103. The molecule has 1 N–H and O–H groups in total. The Bertz CT molecular complexity index is 1420. The molecule has 1 amide bonds. The minimum atomic E-state index is -0.323. The van der Waals surface area contributed by atoms with Gasteiger partial charge in [0.15, 0.2) is 0 Å². The molecule has 0 aliphatic heterocycles. The highest BCUT2D eigenvalue weighted by atomic mass is 35.5. The maximum absolute atomic E-state index is 13.2. The average Bonchev–Trinajstić information content (AvgIpc) is 3.30. The van der Waals surface area contributed by atoms with Crippen LogP contribution in [0.1, 0.15) is 15.2 Å². The molecule has 2 aromatic heterocycles. The number of nitrogens with one attached hydrogen (secondary N) is 1. The highest BCUT2D eigenvalue weighted by Crippen LogP contribution is 2.36. The Kier molecular flexibility index (Phi) is 4.49. The molecule has 5 rings (SSSR count). The largest absolute Gasteiger partial charge is 0.321 e. The van der Waals surface area contributed by atoms with E-state index in [4.69, 9.17) is 11.6 Å². The molecule has 0 saturated carbocycles. The van der Waals surface area contributed by atoms with Gasteiger partial charge in [0.05, 0.1) is 10.7 Å². The van der Waals surface area contributed by atoms with Crippen molar-refractivity contribution in [2.24, 2.45) is 0 Å². The molecule has 30 heavy (non-hydrogen) atoms. The van der Waals surface area contributed by atoms with Gasteiger partial charge < -0.3 is 5.32 Å². The van der Waals surface area contributed by atoms with Crippen molar-refractivity contribution in [1.82, 2.24) is 15.0 Å². The summed E-state index contributed by atoms with van der Waals surface area (Å²) in [7, 11) is 0. The smallest absolute Gasteiger partial charge is 0.267 e. The maximum atomic E-state index is 13.2. The van der Waals surface area contributed by atoms with E-state index in [2.05, 4.69) is 15.5 Å². The Balaban J connectivity index is 1.49. The van der Waals surface area contributed by atoms with E-state index in [0.29, 0.717) is 32.3 Å². The Labute approximate surface area is 179 Å². The number of rotatable bonds is 3. The minimum absolute atomic E-state index is 0.269. The van der Waals surface area contributed by atoms with Crippen LogP contribution in [0.5, 0.6) is 0 Å².